The van der Waals surface area contributed by atoms with Crippen molar-refractivity contribution < 1.29 is 36.2 Å². The van der Waals surface area contributed by atoms with E-state index in [0.717, 1.165) is 48.5 Å². The lowest BCUT2D eigenvalue weighted by Gasteiger charge is -2.36. The zero-order chi connectivity index (χ0) is 35.3. The van der Waals surface area contributed by atoms with Gasteiger partial charge in [0.2, 0.25) is 0 Å². The second-order valence-corrected chi connectivity index (χ2v) is 12.7. The third-order valence-corrected chi connectivity index (χ3v) is 9.76. The van der Waals surface area contributed by atoms with Crippen LogP contribution in [0.15, 0.2) is 54.6 Å². The first-order chi connectivity index (χ1) is 23.2. The Balaban J connectivity index is 1.39. The highest BCUT2D eigenvalue weighted by Crippen LogP contribution is 2.51. The van der Waals surface area contributed by atoms with Crippen molar-refractivity contribution in [1.82, 2.24) is 0 Å². The quantitative estimate of drug-likeness (QED) is 0.107. The summed E-state index contributed by atoms with van der Waals surface area (Å²) in [6.07, 6.45) is 0.758. The van der Waals surface area contributed by atoms with Crippen LogP contribution in [0.2, 0.25) is 10.0 Å². The molecule has 2 fully saturated rings. The van der Waals surface area contributed by atoms with E-state index in [-0.39, 0.29) is 54.4 Å². The van der Waals surface area contributed by atoms with Gasteiger partial charge in [0.25, 0.3) is 11.4 Å². The van der Waals surface area contributed by atoms with Crippen molar-refractivity contribution in [3.63, 3.8) is 0 Å². The number of benzene rings is 4. The minimum atomic E-state index is -1.15. The van der Waals surface area contributed by atoms with E-state index in [1.54, 1.807) is 0 Å². The minimum absolute atomic E-state index is 0.00127. The van der Waals surface area contributed by atoms with Gasteiger partial charge in [0.05, 0.1) is 21.9 Å². The lowest BCUT2D eigenvalue weighted by Crippen LogP contribution is -2.34. The molecular formula is C33H24Cl2F6N4O4. The summed E-state index contributed by atoms with van der Waals surface area (Å²) in [7, 11) is 0. The predicted molar refractivity (Wildman–Crippen MR) is 170 cm³/mol. The normalized spacial score (nSPS) is 18.3. The van der Waals surface area contributed by atoms with E-state index in [1.807, 2.05) is 0 Å². The van der Waals surface area contributed by atoms with Gasteiger partial charge in [0.1, 0.15) is 27.4 Å². The van der Waals surface area contributed by atoms with Gasteiger partial charge in [-0.2, -0.15) is 0 Å². The lowest BCUT2D eigenvalue weighted by atomic mass is 9.89. The fourth-order valence-electron chi connectivity index (χ4n) is 6.89. The van der Waals surface area contributed by atoms with Crippen molar-refractivity contribution in [2.24, 2.45) is 0 Å². The van der Waals surface area contributed by atoms with Gasteiger partial charge < -0.3 is 9.80 Å². The van der Waals surface area contributed by atoms with Crippen molar-refractivity contribution in [2.45, 2.75) is 43.7 Å². The van der Waals surface area contributed by atoms with Gasteiger partial charge in [-0.15, -0.1) is 0 Å². The summed E-state index contributed by atoms with van der Waals surface area (Å²) in [4.78, 5) is 24.4. The molecule has 0 amide bonds. The SMILES string of the molecule is O=[N+]([O-])c1cc([C@H]2CC[C@H](c3cc([N+](=O)[O-])c(Cl)cc3F)N2c2cc(F)c(N3CCC(c4ccc(F)c(F)c4)CC3)c(F)c2)c(F)cc1Cl. The molecule has 2 aliphatic heterocycles. The van der Waals surface area contributed by atoms with Crippen LogP contribution in [0.4, 0.5) is 49.1 Å². The molecule has 6 rings (SSSR count). The molecule has 0 bridgehead atoms. The van der Waals surface area contributed by atoms with E-state index in [2.05, 4.69) is 0 Å². The Bertz CT molecular complexity index is 1890. The molecule has 2 saturated heterocycles. The first-order valence-electron chi connectivity index (χ1n) is 15.0. The summed E-state index contributed by atoms with van der Waals surface area (Å²) in [5.41, 5.74) is -1.77. The number of anilines is 2. The molecule has 256 valence electrons. The largest absolute Gasteiger partial charge is 0.367 e. The van der Waals surface area contributed by atoms with E-state index >= 15 is 17.6 Å². The van der Waals surface area contributed by atoms with Crippen LogP contribution in [0.1, 0.15) is 60.4 Å². The molecule has 4 aromatic carbocycles. The van der Waals surface area contributed by atoms with Gasteiger partial charge in [-0.1, -0.05) is 29.3 Å². The molecule has 4 aromatic rings. The van der Waals surface area contributed by atoms with E-state index in [9.17, 15) is 29.0 Å². The lowest BCUT2D eigenvalue weighted by molar-refractivity contribution is -0.384. The average Bonchev–Trinajstić information content (AvgIpc) is 3.46. The van der Waals surface area contributed by atoms with Crippen LogP contribution in [0.25, 0.3) is 0 Å². The maximum Gasteiger partial charge on any atom is 0.288 e. The van der Waals surface area contributed by atoms with E-state index in [4.69, 9.17) is 23.2 Å². The summed E-state index contributed by atoms with van der Waals surface area (Å²) in [5, 5.41) is 22.3. The monoisotopic (exact) mass is 724 g/mol. The van der Waals surface area contributed by atoms with Crippen LogP contribution in [-0.2, 0) is 0 Å². The maximum atomic E-state index is 16.0. The number of rotatable bonds is 7. The van der Waals surface area contributed by atoms with Gasteiger partial charge in [-0.25, -0.2) is 26.3 Å². The summed E-state index contributed by atoms with van der Waals surface area (Å²) < 4.78 is 90.0. The Morgan fingerprint density at radius 3 is 1.55 bits per heavy atom. The van der Waals surface area contributed by atoms with Crippen molar-refractivity contribution in [2.75, 3.05) is 22.9 Å². The van der Waals surface area contributed by atoms with Crippen LogP contribution in [0.5, 0.6) is 0 Å². The van der Waals surface area contributed by atoms with Crippen LogP contribution < -0.4 is 9.80 Å². The number of nitro groups is 2. The molecule has 0 unspecified atom stereocenters. The van der Waals surface area contributed by atoms with Crippen LogP contribution in [0.3, 0.4) is 0 Å². The van der Waals surface area contributed by atoms with Crippen molar-refractivity contribution in [3.8, 4) is 0 Å². The third-order valence-electron chi connectivity index (χ3n) is 9.15. The molecule has 16 heteroatoms. The van der Waals surface area contributed by atoms with Gasteiger partial charge in [0, 0.05) is 42.0 Å². The molecule has 0 saturated carbocycles. The molecule has 0 spiro atoms. The molecule has 0 aliphatic carbocycles. The van der Waals surface area contributed by atoms with E-state index < -0.39 is 78.3 Å². The smallest absolute Gasteiger partial charge is 0.288 e. The van der Waals surface area contributed by atoms with Crippen molar-refractivity contribution in [1.29, 1.82) is 0 Å². The fraction of sp³-hybridized carbons (Fsp3) is 0.273. The zero-order valence-electron chi connectivity index (χ0n) is 25.1. The fourth-order valence-corrected chi connectivity index (χ4v) is 7.32. The summed E-state index contributed by atoms with van der Waals surface area (Å²) >= 11 is 11.8. The highest BCUT2D eigenvalue weighted by molar-refractivity contribution is 6.33. The second kappa shape index (κ2) is 13.4. The summed E-state index contributed by atoms with van der Waals surface area (Å²) in [5.74, 6) is -6.12. The molecule has 49 heavy (non-hydrogen) atoms. The Morgan fingerprint density at radius 2 is 1.10 bits per heavy atom. The van der Waals surface area contributed by atoms with Crippen molar-refractivity contribution >= 4 is 46.0 Å². The number of nitro benzene ring substituents is 2. The average molecular weight is 725 g/mol. The van der Waals surface area contributed by atoms with Gasteiger partial charge in [0.15, 0.2) is 23.3 Å². The van der Waals surface area contributed by atoms with Gasteiger partial charge >= 0.3 is 0 Å². The Morgan fingerprint density at radius 1 is 0.612 bits per heavy atom. The van der Waals surface area contributed by atoms with Gasteiger partial charge in [-0.3, -0.25) is 20.2 Å². The first kappa shape index (κ1) is 34.3. The van der Waals surface area contributed by atoms with Crippen molar-refractivity contribution in [3.05, 3.63) is 136 Å². The van der Waals surface area contributed by atoms with Crippen LogP contribution >= 0.6 is 23.2 Å². The Hall–Kier alpha value is -4.56. The first-order valence-corrected chi connectivity index (χ1v) is 15.7. The number of hydrogen-bond donors (Lipinski definition) is 0. The standard InChI is InChI=1S/C33H24Cl2F6N4O4/c34-21-14-24(37)19(12-31(21)44(46)47)29-3-4-30(20-13-32(45(48)49)22(35)15-25(20)38)43(29)18-10-27(40)33(28(41)11-18)42-7-5-16(6-8-42)17-1-2-23(36)26(39)9-17/h1-2,9-16,29-30H,3-8H2/t29-,30-/m1/s1. The van der Waals surface area contributed by atoms with E-state index in [1.165, 1.54) is 15.9 Å². The molecule has 2 aliphatic rings. The number of halogens is 8. The van der Waals surface area contributed by atoms with Crippen LogP contribution in [0, 0.1) is 55.1 Å². The highest BCUT2D eigenvalue weighted by atomic mass is 35.5. The van der Waals surface area contributed by atoms with E-state index in [0.29, 0.717) is 18.4 Å². The molecule has 0 N–H and O–H groups in total. The number of piperidine rings is 1. The number of hydrogen-bond acceptors (Lipinski definition) is 6. The third kappa shape index (κ3) is 6.46. The molecular weight excluding hydrogens is 701 g/mol. The predicted octanol–water partition coefficient (Wildman–Crippen LogP) is 10.1. The highest BCUT2D eigenvalue weighted by Gasteiger charge is 2.41. The molecule has 8 nitrogen and oxygen atoms in total. The Labute approximate surface area is 284 Å². The summed E-state index contributed by atoms with van der Waals surface area (Å²) in [6.45, 7) is 0.343. The van der Waals surface area contributed by atoms with Crippen LogP contribution in [-0.4, -0.2) is 22.9 Å². The molecule has 0 aromatic heterocycles. The Kier molecular flexibility index (Phi) is 9.38. The molecule has 2 atom stereocenters. The van der Waals surface area contributed by atoms with Gasteiger partial charge in [-0.05, 0) is 73.6 Å². The second-order valence-electron chi connectivity index (χ2n) is 11.9. The summed E-state index contributed by atoms with van der Waals surface area (Å²) in [6, 6.07) is 6.51. The molecule has 2 heterocycles. The number of nitrogens with zero attached hydrogens (tertiary/aromatic N) is 4. The maximum absolute atomic E-state index is 16.0. The topological polar surface area (TPSA) is 92.8 Å². The zero-order valence-corrected chi connectivity index (χ0v) is 26.6. The molecule has 0 radical (unpaired) electrons. The minimum Gasteiger partial charge on any atom is -0.367 e.